The van der Waals surface area contributed by atoms with E-state index >= 15 is 0 Å². The van der Waals surface area contributed by atoms with E-state index in [4.69, 9.17) is 0 Å². The van der Waals surface area contributed by atoms with Crippen LogP contribution >= 0.6 is 0 Å². The van der Waals surface area contributed by atoms with Crippen LogP contribution in [0.5, 0.6) is 0 Å². The number of nitrogens with zero attached hydrogens (tertiary/aromatic N) is 5. The van der Waals surface area contributed by atoms with Crippen molar-refractivity contribution in [1.82, 2.24) is 14.9 Å². The van der Waals surface area contributed by atoms with Crippen molar-refractivity contribution < 1.29 is 22.8 Å². The van der Waals surface area contributed by atoms with E-state index in [1.807, 2.05) is 4.90 Å². The number of pyridine rings is 2. The van der Waals surface area contributed by atoms with Gasteiger partial charge in [-0.05, 0) is 30.7 Å². The number of amides is 3. The molecule has 2 aromatic heterocycles. The molecule has 0 spiro atoms. The van der Waals surface area contributed by atoms with E-state index in [-0.39, 0.29) is 17.6 Å². The molecular formula is C19H19F3N6O2. The molecule has 1 atom stereocenters. The molecule has 0 radical (unpaired) electrons. The van der Waals surface area contributed by atoms with E-state index in [2.05, 4.69) is 15.3 Å². The maximum atomic E-state index is 13.0. The van der Waals surface area contributed by atoms with Crippen LogP contribution in [0.2, 0.25) is 0 Å². The lowest BCUT2D eigenvalue weighted by atomic mass is 10.1. The summed E-state index contributed by atoms with van der Waals surface area (Å²) in [6.07, 6.45) is -2.26. The molecule has 0 saturated carbocycles. The van der Waals surface area contributed by atoms with Crippen molar-refractivity contribution in [2.75, 3.05) is 41.8 Å². The topological polar surface area (TPSA) is 81.7 Å². The Morgan fingerprint density at radius 3 is 2.77 bits per heavy atom. The average Bonchev–Trinajstić information content (AvgIpc) is 3.11. The monoisotopic (exact) mass is 420 g/mol. The van der Waals surface area contributed by atoms with Crippen LogP contribution in [0.15, 0.2) is 36.5 Å². The predicted octanol–water partition coefficient (Wildman–Crippen LogP) is 2.74. The van der Waals surface area contributed by atoms with Crippen LogP contribution in [-0.2, 0) is 0 Å². The van der Waals surface area contributed by atoms with Crippen molar-refractivity contribution in [2.24, 2.45) is 0 Å². The van der Waals surface area contributed by atoms with Gasteiger partial charge in [-0.1, -0.05) is 6.07 Å². The highest BCUT2D eigenvalue weighted by molar-refractivity contribution is 6.05. The minimum atomic E-state index is -4.52. The summed E-state index contributed by atoms with van der Waals surface area (Å²) < 4.78 is 38.0. The summed E-state index contributed by atoms with van der Waals surface area (Å²) in [5.41, 5.74) is 0.508. The molecule has 2 aliphatic rings. The van der Waals surface area contributed by atoms with Gasteiger partial charge in [-0.15, -0.1) is 0 Å². The van der Waals surface area contributed by atoms with Gasteiger partial charge in [-0.2, -0.15) is 13.2 Å². The highest BCUT2D eigenvalue weighted by Crippen LogP contribution is 2.39. The first-order valence-electron chi connectivity index (χ1n) is 9.32. The quantitative estimate of drug-likeness (QED) is 0.826. The summed E-state index contributed by atoms with van der Waals surface area (Å²) in [5.74, 6) is -0.252. The number of alkyl halides is 3. The fourth-order valence-electron chi connectivity index (χ4n) is 3.73. The molecule has 4 rings (SSSR count). The molecular weight excluding hydrogens is 401 g/mol. The molecule has 11 heteroatoms. The Morgan fingerprint density at radius 2 is 2.07 bits per heavy atom. The standard InChI is InChI=1S/C19H19F3N6O2/c1-26(11-19(20,21)22)17(29)13-5-6-14-16(24-13)28(12-7-9-27(14)10-12)18(30)25-15-4-2-3-8-23-15/h2-6,8,12H,7,9-11H2,1H3,(H,23,25,30). The van der Waals surface area contributed by atoms with Gasteiger partial charge >= 0.3 is 12.2 Å². The molecule has 0 aliphatic carbocycles. The van der Waals surface area contributed by atoms with Gasteiger partial charge in [-0.25, -0.2) is 14.8 Å². The number of carbonyl (C=O) groups is 2. The third-order valence-electron chi connectivity index (χ3n) is 5.05. The highest BCUT2D eigenvalue weighted by Gasteiger charge is 2.41. The first kappa shape index (κ1) is 19.9. The molecule has 30 heavy (non-hydrogen) atoms. The number of halogens is 3. The van der Waals surface area contributed by atoms with Crippen LogP contribution in [0, 0.1) is 0 Å². The Kier molecular flexibility index (Phi) is 4.96. The Morgan fingerprint density at radius 1 is 1.27 bits per heavy atom. The second kappa shape index (κ2) is 7.47. The van der Waals surface area contributed by atoms with Gasteiger partial charge in [0.25, 0.3) is 5.91 Å². The minimum absolute atomic E-state index is 0.154. The summed E-state index contributed by atoms with van der Waals surface area (Å²) >= 11 is 0. The number of hydrogen-bond donors (Lipinski definition) is 1. The second-order valence-corrected chi connectivity index (χ2v) is 7.22. The zero-order chi connectivity index (χ0) is 21.5. The summed E-state index contributed by atoms with van der Waals surface area (Å²) in [6, 6.07) is 7.49. The summed E-state index contributed by atoms with van der Waals surface area (Å²) in [6.45, 7) is -0.0528. The number of nitrogens with one attached hydrogen (secondary N) is 1. The van der Waals surface area contributed by atoms with Crippen molar-refractivity contribution in [3.8, 4) is 0 Å². The molecule has 2 aromatic rings. The Bertz CT molecular complexity index is 968. The van der Waals surface area contributed by atoms with Crippen molar-refractivity contribution in [3.63, 3.8) is 0 Å². The Hall–Kier alpha value is -3.37. The van der Waals surface area contributed by atoms with Crippen LogP contribution in [0.1, 0.15) is 16.9 Å². The number of aromatic nitrogens is 2. The number of hydrogen-bond acceptors (Lipinski definition) is 5. The van der Waals surface area contributed by atoms with E-state index < -0.39 is 24.7 Å². The third kappa shape index (κ3) is 3.87. The van der Waals surface area contributed by atoms with Crippen LogP contribution < -0.4 is 15.1 Å². The summed E-state index contributed by atoms with van der Waals surface area (Å²) in [7, 11) is 1.07. The minimum Gasteiger partial charge on any atom is -0.366 e. The van der Waals surface area contributed by atoms with Crippen molar-refractivity contribution >= 4 is 29.3 Å². The van der Waals surface area contributed by atoms with Gasteiger partial charge in [0.2, 0.25) is 0 Å². The van der Waals surface area contributed by atoms with Gasteiger partial charge in [0.05, 0.1) is 11.7 Å². The summed E-state index contributed by atoms with van der Waals surface area (Å²) in [4.78, 5) is 37.9. The lowest BCUT2D eigenvalue weighted by molar-refractivity contribution is -0.138. The van der Waals surface area contributed by atoms with Gasteiger partial charge < -0.3 is 9.80 Å². The molecule has 2 aliphatic heterocycles. The zero-order valence-corrected chi connectivity index (χ0v) is 16.1. The van der Waals surface area contributed by atoms with E-state index in [1.54, 1.807) is 30.5 Å². The smallest absolute Gasteiger partial charge is 0.366 e. The average molecular weight is 420 g/mol. The molecule has 158 valence electrons. The molecule has 2 bridgehead atoms. The fourth-order valence-corrected chi connectivity index (χ4v) is 3.73. The molecule has 1 fully saturated rings. The van der Waals surface area contributed by atoms with E-state index in [9.17, 15) is 22.8 Å². The van der Waals surface area contributed by atoms with Crippen LogP contribution in [0.4, 0.5) is 35.3 Å². The van der Waals surface area contributed by atoms with Gasteiger partial charge in [0, 0.05) is 26.3 Å². The molecule has 0 aromatic carbocycles. The van der Waals surface area contributed by atoms with Gasteiger partial charge in [0.1, 0.15) is 18.1 Å². The van der Waals surface area contributed by atoms with E-state index in [0.29, 0.717) is 35.9 Å². The largest absolute Gasteiger partial charge is 0.406 e. The SMILES string of the molecule is CN(CC(F)(F)F)C(=O)c1ccc2c(n1)N(C(=O)Nc1ccccn1)C1CCN2C1. The number of rotatable bonds is 3. The van der Waals surface area contributed by atoms with Crippen LogP contribution in [0.25, 0.3) is 0 Å². The van der Waals surface area contributed by atoms with Crippen LogP contribution in [-0.4, -0.2) is 65.7 Å². The van der Waals surface area contributed by atoms with E-state index in [1.165, 1.54) is 11.0 Å². The number of anilines is 3. The molecule has 4 heterocycles. The zero-order valence-electron chi connectivity index (χ0n) is 16.1. The first-order valence-corrected chi connectivity index (χ1v) is 9.32. The van der Waals surface area contributed by atoms with Crippen LogP contribution in [0.3, 0.4) is 0 Å². The van der Waals surface area contributed by atoms with Gasteiger partial charge in [0.15, 0.2) is 5.82 Å². The predicted molar refractivity (Wildman–Crippen MR) is 104 cm³/mol. The summed E-state index contributed by atoms with van der Waals surface area (Å²) in [5, 5.41) is 2.71. The fraction of sp³-hybridized carbons (Fsp3) is 0.368. The van der Waals surface area contributed by atoms with Crippen molar-refractivity contribution in [2.45, 2.75) is 18.6 Å². The maximum absolute atomic E-state index is 13.0. The maximum Gasteiger partial charge on any atom is 0.406 e. The molecule has 1 unspecified atom stereocenters. The third-order valence-corrected chi connectivity index (χ3v) is 5.05. The van der Waals surface area contributed by atoms with E-state index in [0.717, 1.165) is 7.05 Å². The Balaban J connectivity index is 1.64. The van der Waals surface area contributed by atoms with Crippen molar-refractivity contribution in [3.05, 3.63) is 42.2 Å². The van der Waals surface area contributed by atoms with Crippen molar-refractivity contribution in [1.29, 1.82) is 0 Å². The number of carbonyl (C=O) groups excluding carboxylic acids is 2. The molecule has 1 saturated heterocycles. The molecule has 3 amide bonds. The molecule has 1 N–H and O–H groups in total. The normalized spacial score (nSPS) is 17.5. The van der Waals surface area contributed by atoms with Gasteiger partial charge in [-0.3, -0.25) is 15.0 Å². The Labute approximate surface area is 170 Å². The molecule has 8 nitrogen and oxygen atoms in total. The number of urea groups is 1. The number of fused-ring (bicyclic) bond motifs is 4. The lowest BCUT2D eigenvalue weighted by Crippen LogP contribution is -2.48. The lowest BCUT2D eigenvalue weighted by Gasteiger charge is -2.35. The first-order chi connectivity index (χ1) is 14.2. The highest BCUT2D eigenvalue weighted by atomic mass is 19.4. The second-order valence-electron chi connectivity index (χ2n) is 7.22.